The van der Waals surface area contributed by atoms with Gasteiger partial charge in [-0.15, -0.1) is 18.3 Å². The van der Waals surface area contributed by atoms with Gasteiger partial charge in [0.2, 0.25) is 0 Å². The summed E-state index contributed by atoms with van der Waals surface area (Å²) in [5.41, 5.74) is 2.22. The molecule has 1 heterocycles. The highest BCUT2D eigenvalue weighted by molar-refractivity contribution is 5.70. The fraction of sp³-hybridized carbons (Fsp3) is 0.278. The first-order valence-electron chi connectivity index (χ1n) is 8.04. The summed E-state index contributed by atoms with van der Waals surface area (Å²) in [4.78, 5) is 0. The van der Waals surface area contributed by atoms with Crippen molar-refractivity contribution in [1.82, 2.24) is 15.4 Å². The Morgan fingerprint density at radius 3 is 2.73 bits per heavy atom. The molecule has 2 aromatic rings. The highest BCUT2D eigenvalue weighted by atomic mass is 19.4. The molecule has 5 nitrogen and oxygen atoms in total. The number of aromatic amines is 1. The summed E-state index contributed by atoms with van der Waals surface area (Å²) < 4.78 is 42.0. The second-order valence-corrected chi connectivity index (χ2v) is 5.84. The number of hydrogen-bond acceptors (Lipinski definition) is 4. The molecule has 1 aromatic carbocycles. The molecule has 0 amide bonds. The lowest BCUT2D eigenvalue weighted by atomic mass is 9.98. The van der Waals surface area contributed by atoms with Crippen LogP contribution in [0, 0.1) is 11.3 Å². The molecular weight excluding hydrogens is 345 g/mol. The number of nitriles is 1. The average molecular weight is 360 g/mol. The Hall–Kier alpha value is -3.08. The maximum absolute atomic E-state index is 12.6. The maximum Gasteiger partial charge on any atom is 0.573 e. The summed E-state index contributed by atoms with van der Waals surface area (Å²) in [6, 6.07) is 5.99. The summed E-state index contributed by atoms with van der Waals surface area (Å²) in [5, 5.41) is 18.8. The van der Waals surface area contributed by atoms with Crippen LogP contribution < -0.4 is 4.74 Å². The fourth-order valence-corrected chi connectivity index (χ4v) is 2.77. The van der Waals surface area contributed by atoms with Crippen LogP contribution in [0.2, 0.25) is 0 Å². The molecule has 0 atom stereocenters. The third kappa shape index (κ3) is 4.51. The van der Waals surface area contributed by atoms with Gasteiger partial charge in [0.25, 0.3) is 0 Å². The number of nitrogens with zero attached hydrogens (tertiary/aromatic N) is 3. The summed E-state index contributed by atoms with van der Waals surface area (Å²) in [7, 11) is 0. The molecule has 1 aromatic heterocycles. The lowest BCUT2D eigenvalue weighted by molar-refractivity contribution is -0.274. The van der Waals surface area contributed by atoms with Crippen LogP contribution in [0.3, 0.4) is 0 Å². The second kappa shape index (κ2) is 7.44. The van der Waals surface area contributed by atoms with Crippen molar-refractivity contribution in [2.75, 3.05) is 0 Å². The fourth-order valence-electron chi connectivity index (χ4n) is 2.77. The Morgan fingerprint density at radius 2 is 2.04 bits per heavy atom. The minimum absolute atomic E-state index is 0.0686. The summed E-state index contributed by atoms with van der Waals surface area (Å²) in [6.07, 6.45) is 5.15. The topological polar surface area (TPSA) is 74.6 Å². The van der Waals surface area contributed by atoms with Crippen LogP contribution in [-0.4, -0.2) is 21.8 Å². The number of rotatable bonds is 4. The van der Waals surface area contributed by atoms with Crippen molar-refractivity contribution >= 4 is 6.08 Å². The van der Waals surface area contributed by atoms with Crippen molar-refractivity contribution in [3.05, 3.63) is 47.2 Å². The zero-order valence-electron chi connectivity index (χ0n) is 13.7. The van der Waals surface area contributed by atoms with E-state index in [-0.39, 0.29) is 17.1 Å². The quantitative estimate of drug-likeness (QED) is 0.853. The largest absolute Gasteiger partial charge is 0.573 e. The Morgan fingerprint density at radius 1 is 1.19 bits per heavy atom. The van der Waals surface area contributed by atoms with Gasteiger partial charge in [0.05, 0.1) is 0 Å². The molecule has 3 rings (SSSR count). The number of alkyl halides is 3. The van der Waals surface area contributed by atoms with E-state index in [1.165, 1.54) is 12.1 Å². The van der Waals surface area contributed by atoms with Crippen LogP contribution in [0.15, 0.2) is 35.9 Å². The van der Waals surface area contributed by atoms with Crippen LogP contribution in [0.5, 0.6) is 5.75 Å². The summed E-state index contributed by atoms with van der Waals surface area (Å²) in [6.45, 7) is 0. The van der Waals surface area contributed by atoms with Gasteiger partial charge in [-0.2, -0.15) is 5.26 Å². The van der Waals surface area contributed by atoms with E-state index in [2.05, 4.69) is 26.2 Å². The van der Waals surface area contributed by atoms with Crippen molar-refractivity contribution in [3.63, 3.8) is 0 Å². The van der Waals surface area contributed by atoms with Crippen LogP contribution in [0.1, 0.15) is 36.9 Å². The number of H-pyrrole nitrogens is 1. The number of hydrogen-bond donors (Lipinski definition) is 1. The normalized spacial score (nSPS) is 14.9. The van der Waals surface area contributed by atoms with Crippen LogP contribution in [0.4, 0.5) is 13.2 Å². The van der Waals surface area contributed by atoms with Crippen molar-refractivity contribution in [2.45, 2.75) is 32.0 Å². The number of halogens is 3. The van der Waals surface area contributed by atoms with E-state index in [0.29, 0.717) is 11.1 Å². The van der Waals surface area contributed by atoms with E-state index in [0.717, 1.165) is 31.3 Å². The second-order valence-electron chi connectivity index (χ2n) is 5.84. The molecule has 0 fully saturated rings. The van der Waals surface area contributed by atoms with Gasteiger partial charge in [-0.1, -0.05) is 29.0 Å². The maximum atomic E-state index is 12.6. The predicted octanol–water partition coefficient (Wildman–Crippen LogP) is 4.76. The lowest BCUT2D eigenvalue weighted by Crippen LogP contribution is -2.17. The van der Waals surface area contributed by atoms with Gasteiger partial charge in [-0.25, -0.2) is 5.10 Å². The Balaban J connectivity index is 1.99. The molecule has 0 radical (unpaired) electrons. The van der Waals surface area contributed by atoms with Crippen LogP contribution in [0.25, 0.3) is 17.3 Å². The van der Waals surface area contributed by atoms with Gasteiger partial charge in [-0.3, -0.25) is 0 Å². The minimum atomic E-state index is -4.81. The molecule has 0 aliphatic heterocycles. The Labute approximate surface area is 147 Å². The van der Waals surface area contributed by atoms with Gasteiger partial charge >= 0.3 is 6.36 Å². The van der Waals surface area contributed by atoms with Crippen molar-refractivity contribution < 1.29 is 17.9 Å². The lowest BCUT2D eigenvalue weighted by Gasteiger charge is -2.11. The van der Waals surface area contributed by atoms with Gasteiger partial charge in [0.15, 0.2) is 5.69 Å². The van der Waals surface area contributed by atoms with Gasteiger partial charge in [0.1, 0.15) is 17.5 Å². The first kappa shape index (κ1) is 17.7. The van der Waals surface area contributed by atoms with Crippen molar-refractivity contribution in [3.8, 4) is 23.1 Å². The number of allylic oxidation sites excluding steroid dienone is 3. The molecule has 0 unspecified atom stereocenters. The van der Waals surface area contributed by atoms with E-state index >= 15 is 0 Å². The van der Waals surface area contributed by atoms with E-state index < -0.39 is 6.36 Å². The minimum Gasteiger partial charge on any atom is -0.406 e. The van der Waals surface area contributed by atoms with E-state index in [4.69, 9.17) is 5.26 Å². The summed E-state index contributed by atoms with van der Waals surface area (Å²) >= 11 is 0. The predicted molar refractivity (Wildman–Crippen MR) is 88.8 cm³/mol. The highest BCUT2D eigenvalue weighted by Crippen LogP contribution is 2.31. The SMILES string of the molecule is N#Cc1[nH]nnc1-c1cc(/C=C/C2=CCCCC2)cc(OC(F)(F)F)c1. The monoisotopic (exact) mass is 360 g/mol. The molecule has 0 saturated carbocycles. The molecule has 1 aliphatic carbocycles. The Bertz CT molecular complexity index is 891. The molecular formula is C18H15F3N4O. The Kier molecular flexibility index (Phi) is 5.07. The van der Waals surface area contributed by atoms with Gasteiger partial charge in [-0.05, 0) is 49.4 Å². The van der Waals surface area contributed by atoms with Crippen LogP contribution >= 0.6 is 0 Å². The first-order chi connectivity index (χ1) is 12.4. The number of ether oxygens (including phenoxy) is 1. The molecule has 1 aliphatic rings. The zero-order valence-corrected chi connectivity index (χ0v) is 13.7. The van der Waals surface area contributed by atoms with Gasteiger partial charge < -0.3 is 4.74 Å². The molecule has 8 heteroatoms. The molecule has 0 saturated heterocycles. The van der Waals surface area contributed by atoms with Crippen molar-refractivity contribution in [2.24, 2.45) is 0 Å². The van der Waals surface area contributed by atoms with E-state index in [1.807, 2.05) is 12.1 Å². The average Bonchev–Trinajstić information content (AvgIpc) is 3.08. The standard InChI is InChI=1S/C18H15F3N4O/c19-18(20,21)26-15-9-13(7-6-12-4-2-1-3-5-12)8-14(10-15)17-16(11-22)23-25-24-17/h4,6-10H,1-3,5H2,(H,23,24,25)/b7-6+. The third-order valence-corrected chi connectivity index (χ3v) is 3.91. The number of nitrogens with one attached hydrogen (secondary N) is 1. The van der Waals surface area contributed by atoms with Crippen LogP contribution in [-0.2, 0) is 0 Å². The third-order valence-electron chi connectivity index (χ3n) is 3.91. The zero-order chi connectivity index (χ0) is 18.6. The molecule has 134 valence electrons. The summed E-state index contributed by atoms with van der Waals surface area (Å²) in [5.74, 6) is -0.376. The molecule has 0 bridgehead atoms. The van der Waals surface area contributed by atoms with Crippen molar-refractivity contribution in [1.29, 1.82) is 5.26 Å². The molecule has 0 spiro atoms. The van der Waals surface area contributed by atoms with E-state index in [1.54, 1.807) is 12.1 Å². The molecule has 26 heavy (non-hydrogen) atoms. The smallest absolute Gasteiger partial charge is 0.406 e. The molecule has 1 N–H and O–H groups in total. The first-order valence-corrected chi connectivity index (χ1v) is 8.04. The highest BCUT2D eigenvalue weighted by Gasteiger charge is 2.31. The number of benzene rings is 1. The van der Waals surface area contributed by atoms with Gasteiger partial charge in [0, 0.05) is 5.56 Å². The van der Waals surface area contributed by atoms with E-state index in [9.17, 15) is 13.2 Å². The number of aromatic nitrogens is 3.